The van der Waals surface area contributed by atoms with E-state index in [1.807, 2.05) is 6.07 Å². The van der Waals surface area contributed by atoms with Crippen LogP contribution < -0.4 is 10.1 Å². The molecule has 2 rings (SSSR count). The predicted octanol–water partition coefficient (Wildman–Crippen LogP) is 0.660. The van der Waals surface area contributed by atoms with E-state index in [2.05, 4.69) is 5.32 Å². The molecule has 1 saturated carbocycles. The molecule has 0 aliphatic heterocycles. The zero-order valence-corrected chi connectivity index (χ0v) is 11.4. The van der Waals surface area contributed by atoms with Crippen molar-refractivity contribution >= 4 is 0 Å². The third-order valence-electron chi connectivity index (χ3n) is 3.58. The van der Waals surface area contributed by atoms with Gasteiger partial charge in [0.15, 0.2) is 0 Å². The Bertz CT molecular complexity index is 480. The van der Waals surface area contributed by atoms with Crippen LogP contribution >= 0.6 is 0 Å². The summed E-state index contributed by atoms with van der Waals surface area (Å²) in [5.74, 6) is 0.581. The Labute approximate surface area is 118 Å². The molecule has 3 N–H and O–H groups in total. The van der Waals surface area contributed by atoms with Gasteiger partial charge in [-0.05, 0) is 31.0 Å². The Morgan fingerprint density at radius 2 is 2.25 bits per heavy atom. The van der Waals surface area contributed by atoms with Gasteiger partial charge >= 0.3 is 0 Å². The normalized spacial score (nSPS) is 17.2. The van der Waals surface area contributed by atoms with Gasteiger partial charge in [-0.2, -0.15) is 5.26 Å². The summed E-state index contributed by atoms with van der Waals surface area (Å²) in [4.78, 5) is 0. The summed E-state index contributed by atoms with van der Waals surface area (Å²) in [6.45, 7) is 1.53. The molecule has 0 bridgehead atoms. The van der Waals surface area contributed by atoms with Gasteiger partial charge < -0.3 is 20.3 Å². The van der Waals surface area contributed by atoms with Gasteiger partial charge in [0.2, 0.25) is 0 Å². The number of nitrogens with one attached hydrogen (secondary N) is 1. The van der Waals surface area contributed by atoms with E-state index in [-0.39, 0.29) is 18.6 Å². The molecule has 0 radical (unpaired) electrons. The average molecular weight is 276 g/mol. The second-order valence-corrected chi connectivity index (χ2v) is 5.39. The van der Waals surface area contributed by atoms with Gasteiger partial charge in [-0.25, -0.2) is 0 Å². The Morgan fingerprint density at radius 3 is 2.90 bits per heavy atom. The Balaban J connectivity index is 1.67. The summed E-state index contributed by atoms with van der Waals surface area (Å²) in [6.07, 6.45) is 1.48. The zero-order chi connectivity index (χ0) is 14.4. The maximum atomic E-state index is 9.81. The van der Waals surface area contributed by atoms with E-state index in [9.17, 15) is 5.11 Å². The number of ether oxygens (including phenoxy) is 1. The molecule has 0 saturated heterocycles. The van der Waals surface area contributed by atoms with Crippen molar-refractivity contribution in [2.24, 2.45) is 5.41 Å². The van der Waals surface area contributed by atoms with Crippen LogP contribution in [0.3, 0.4) is 0 Å². The lowest BCUT2D eigenvalue weighted by Gasteiger charge is -2.16. The average Bonchev–Trinajstić information content (AvgIpc) is 3.26. The van der Waals surface area contributed by atoms with Crippen molar-refractivity contribution in [2.45, 2.75) is 18.9 Å². The molecule has 5 nitrogen and oxygen atoms in total. The molecule has 1 aromatic rings. The number of aliphatic hydroxyl groups is 2. The second kappa shape index (κ2) is 6.71. The van der Waals surface area contributed by atoms with E-state index in [0.29, 0.717) is 17.9 Å². The third kappa shape index (κ3) is 4.20. The summed E-state index contributed by atoms with van der Waals surface area (Å²) < 4.78 is 5.44. The lowest BCUT2D eigenvalue weighted by atomic mass is 10.1. The highest BCUT2D eigenvalue weighted by molar-refractivity contribution is 5.36. The Kier molecular flexibility index (Phi) is 4.96. The van der Waals surface area contributed by atoms with Gasteiger partial charge in [0.25, 0.3) is 0 Å². The smallest absolute Gasteiger partial charge is 0.120 e. The van der Waals surface area contributed by atoms with Gasteiger partial charge in [-0.1, -0.05) is 6.07 Å². The highest BCUT2D eigenvalue weighted by atomic mass is 16.5. The highest BCUT2D eigenvalue weighted by Gasteiger charge is 2.41. The van der Waals surface area contributed by atoms with E-state index < -0.39 is 6.10 Å². The molecule has 1 aliphatic carbocycles. The maximum absolute atomic E-state index is 9.81. The van der Waals surface area contributed by atoms with Crippen molar-refractivity contribution in [1.29, 1.82) is 5.26 Å². The van der Waals surface area contributed by atoms with Crippen LogP contribution in [-0.4, -0.2) is 42.6 Å². The molecule has 1 fully saturated rings. The number of benzene rings is 1. The lowest BCUT2D eigenvalue weighted by Crippen LogP contribution is -2.35. The molecule has 1 atom stereocenters. The fourth-order valence-corrected chi connectivity index (χ4v) is 1.98. The summed E-state index contributed by atoms with van der Waals surface area (Å²) in [5.41, 5.74) is 0.579. The minimum atomic E-state index is -0.616. The number of nitrogens with zero attached hydrogens (tertiary/aromatic N) is 1. The summed E-state index contributed by atoms with van der Waals surface area (Å²) in [5, 5.41) is 30.9. The molecule has 108 valence electrons. The Morgan fingerprint density at radius 1 is 1.45 bits per heavy atom. The van der Waals surface area contributed by atoms with Gasteiger partial charge in [0.05, 0.1) is 11.6 Å². The van der Waals surface area contributed by atoms with Gasteiger partial charge in [-0.15, -0.1) is 0 Å². The van der Waals surface area contributed by atoms with Crippen LogP contribution in [0.25, 0.3) is 0 Å². The summed E-state index contributed by atoms with van der Waals surface area (Å²) in [6, 6.07) is 8.89. The second-order valence-electron chi connectivity index (χ2n) is 5.39. The van der Waals surface area contributed by atoms with Crippen molar-refractivity contribution in [3.05, 3.63) is 29.8 Å². The first-order valence-corrected chi connectivity index (χ1v) is 6.80. The number of hydrogen-bond donors (Lipinski definition) is 3. The lowest BCUT2D eigenvalue weighted by molar-refractivity contribution is 0.103. The zero-order valence-electron chi connectivity index (χ0n) is 11.4. The minimum absolute atomic E-state index is 0.0434. The van der Waals surface area contributed by atoms with Crippen molar-refractivity contribution in [3.8, 4) is 11.8 Å². The molecule has 0 spiro atoms. The quantitative estimate of drug-likeness (QED) is 0.649. The van der Waals surface area contributed by atoms with Gasteiger partial charge in [-0.3, -0.25) is 0 Å². The van der Waals surface area contributed by atoms with E-state index in [4.69, 9.17) is 15.1 Å². The van der Waals surface area contributed by atoms with Gasteiger partial charge in [0.1, 0.15) is 18.5 Å². The molecule has 0 amide bonds. The van der Waals surface area contributed by atoms with Crippen LogP contribution in [0.5, 0.6) is 5.75 Å². The van der Waals surface area contributed by atoms with Crippen LogP contribution in [0.15, 0.2) is 24.3 Å². The largest absolute Gasteiger partial charge is 0.491 e. The molecule has 0 heterocycles. The number of rotatable bonds is 8. The van der Waals surface area contributed by atoms with E-state index in [0.717, 1.165) is 19.4 Å². The van der Waals surface area contributed by atoms with Crippen LogP contribution in [0.4, 0.5) is 0 Å². The third-order valence-corrected chi connectivity index (χ3v) is 3.58. The van der Waals surface area contributed by atoms with Crippen molar-refractivity contribution in [3.63, 3.8) is 0 Å². The number of aliphatic hydroxyl groups excluding tert-OH is 2. The molecule has 20 heavy (non-hydrogen) atoms. The van der Waals surface area contributed by atoms with E-state index >= 15 is 0 Å². The molecular weight excluding hydrogens is 256 g/mol. The summed E-state index contributed by atoms with van der Waals surface area (Å²) in [7, 11) is 0. The molecule has 5 heteroatoms. The maximum Gasteiger partial charge on any atom is 0.120 e. The fourth-order valence-electron chi connectivity index (χ4n) is 1.98. The van der Waals surface area contributed by atoms with Crippen molar-refractivity contribution in [2.75, 3.05) is 26.3 Å². The monoisotopic (exact) mass is 276 g/mol. The van der Waals surface area contributed by atoms with Crippen molar-refractivity contribution in [1.82, 2.24) is 5.32 Å². The molecule has 1 aliphatic rings. The first kappa shape index (κ1) is 14.8. The predicted molar refractivity (Wildman–Crippen MR) is 74.3 cm³/mol. The number of nitriles is 1. The SMILES string of the molecule is N#Cc1cccc(OCC(O)CNCC2(CO)CC2)c1. The van der Waals surface area contributed by atoms with E-state index in [1.165, 1.54) is 0 Å². The first-order valence-electron chi connectivity index (χ1n) is 6.80. The molecular formula is C15H20N2O3. The van der Waals surface area contributed by atoms with E-state index in [1.54, 1.807) is 24.3 Å². The fraction of sp³-hybridized carbons (Fsp3) is 0.533. The molecule has 1 unspecified atom stereocenters. The van der Waals surface area contributed by atoms with Crippen LogP contribution in [0.2, 0.25) is 0 Å². The van der Waals surface area contributed by atoms with Crippen LogP contribution in [-0.2, 0) is 0 Å². The van der Waals surface area contributed by atoms with Crippen LogP contribution in [0.1, 0.15) is 18.4 Å². The first-order chi connectivity index (χ1) is 9.67. The summed E-state index contributed by atoms with van der Waals surface area (Å²) >= 11 is 0. The standard InChI is InChI=1S/C15H20N2O3/c16-7-12-2-1-3-14(6-12)20-9-13(19)8-17-10-15(11-18)4-5-15/h1-3,6,13,17-19H,4-5,8-11H2. The Hall–Kier alpha value is -1.61. The van der Waals surface area contributed by atoms with Gasteiger partial charge in [0, 0.05) is 25.1 Å². The topological polar surface area (TPSA) is 85.5 Å². The van der Waals surface area contributed by atoms with Crippen LogP contribution in [0, 0.1) is 16.7 Å². The molecule has 1 aromatic carbocycles. The van der Waals surface area contributed by atoms with Crippen molar-refractivity contribution < 1.29 is 14.9 Å². The minimum Gasteiger partial charge on any atom is -0.491 e. The molecule has 0 aromatic heterocycles. The highest BCUT2D eigenvalue weighted by Crippen LogP contribution is 2.44. The number of hydrogen-bond acceptors (Lipinski definition) is 5.